The van der Waals surface area contributed by atoms with E-state index in [1.54, 1.807) is 0 Å². The molecule has 2 rings (SSSR count). The van der Waals surface area contributed by atoms with Crippen LogP contribution in [0.25, 0.3) is 0 Å². The fourth-order valence-corrected chi connectivity index (χ4v) is 2.26. The molecule has 0 aromatic rings. The molecule has 1 saturated carbocycles. The maximum Gasteiger partial charge on any atom is 0.191 e. The highest BCUT2D eigenvalue weighted by molar-refractivity contribution is 5.78. The number of piperidine rings is 1. The van der Waals surface area contributed by atoms with Gasteiger partial charge >= 0.3 is 0 Å². The lowest BCUT2D eigenvalue weighted by Crippen LogP contribution is -2.43. The van der Waals surface area contributed by atoms with E-state index >= 15 is 0 Å². The molecule has 4 heteroatoms. The summed E-state index contributed by atoms with van der Waals surface area (Å²) in [4.78, 5) is 6.60. The van der Waals surface area contributed by atoms with Crippen molar-refractivity contribution in [2.24, 2.45) is 22.6 Å². The zero-order valence-corrected chi connectivity index (χ0v) is 10.9. The minimum atomic E-state index is 0.698. The molecule has 0 bridgehead atoms. The summed E-state index contributed by atoms with van der Waals surface area (Å²) in [7, 11) is 0. The van der Waals surface area contributed by atoms with Gasteiger partial charge in [0.2, 0.25) is 0 Å². The van der Waals surface area contributed by atoms with Gasteiger partial charge < -0.3 is 15.4 Å². The van der Waals surface area contributed by atoms with Crippen molar-refractivity contribution in [3.8, 4) is 0 Å². The van der Waals surface area contributed by atoms with Gasteiger partial charge in [-0.15, -0.1) is 0 Å². The minimum Gasteiger partial charge on any atom is -0.379 e. The van der Waals surface area contributed by atoms with Crippen molar-refractivity contribution in [3.05, 3.63) is 0 Å². The number of nitrogens with two attached hydrogens (primary N) is 1. The van der Waals surface area contributed by atoms with Crippen molar-refractivity contribution < 1.29 is 4.74 Å². The van der Waals surface area contributed by atoms with Crippen LogP contribution in [0.2, 0.25) is 0 Å². The van der Waals surface area contributed by atoms with E-state index in [-0.39, 0.29) is 0 Å². The van der Waals surface area contributed by atoms with Crippen LogP contribution in [-0.4, -0.2) is 43.7 Å². The number of ether oxygens (including phenoxy) is 1. The normalized spacial score (nSPS) is 26.3. The van der Waals surface area contributed by atoms with Crippen molar-refractivity contribution in [1.29, 1.82) is 0 Å². The second kappa shape index (κ2) is 6.24. The van der Waals surface area contributed by atoms with Crippen molar-refractivity contribution in [2.75, 3.05) is 32.8 Å². The summed E-state index contributed by atoms with van der Waals surface area (Å²) in [6.07, 6.45) is 5.23. The maximum atomic E-state index is 5.99. The molecule has 1 saturated heterocycles. The van der Waals surface area contributed by atoms with Gasteiger partial charge in [-0.2, -0.15) is 0 Å². The van der Waals surface area contributed by atoms with Crippen LogP contribution in [0.1, 0.15) is 32.6 Å². The summed E-state index contributed by atoms with van der Waals surface area (Å²) < 4.78 is 5.54. The van der Waals surface area contributed by atoms with Crippen molar-refractivity contribution in [1.82, 2.24) is 4.90 Å². The highest BCUT2D eigenvalue weighted by Crippen LogP contribution is 2.28. The molecule has 2 fully saturated rings. The molecule has 2 aliphatic rings. The maximum absolute atomic E-state index is 5.99. The number of hydrogen-bond acceptors (Lipinski definition) is 2. The van der Waals surface area contributed by atoms with Gasteiger partial charge in [-0.05, 0) is 37.5 Å². The van der Waals surface area contributed by atoms with Gasteiger partial charge in [0.25, 0.3) is 0 Å². The molecule has 0 aromatic heterocycles. The summed E-state index contributed by atoms with van der Waals surface area (Å²) in [5, 5.41) is 0. The Hall–Kier alpha value is -0.770. The van der Waals surface area contributed by atoms with Crippen LogP contribution in [0.5, 0.6) is 0 Å². The Labute approximate surface area is 104 Å². The number of hydrogen-bond donors (Lipinski definition) is 1. The first-order valence-electron chi connectivity index (χ1n) is 6.88. The fraction of sp³-hybridized carbons (Fsp3) is 0.923. The van der Waals surface area contributed by atoms with Gasteiger partial charge in [-0.3, -0.25) is 4.99 Å². The highest BCUT2D eigenvalue weighted by Gasteiger charge is 2.21. The quantitative estimate of drug-likeness (QED) is 0.449. The predicted molar refractivity (Wildman–Crippen MR) is 70.0 cm³/mol. The van der Waals surface area contributed by atoms with Gasteiger partial charge in [-0.1, -0.05) is 6.92 Å². The number of rotatable bonds is 5. The van der Waals surface area contributed by atoms with Crippen LogP contribution in [0.3, 0.4) is 0 Å². The molecule has 98 valence electrons. The smallest absolute Gasteiger partial charge is 0.191 e. The molecule has 17 heavy (non-hydrogen) atoms. The van der Waals surface area contributed by atoms with Gasteiger partial charge in [0, 0.05) is 19.7 Å². The Morgan fingerprint density at radius 3 is 2.94 bits per heavy atom. The van der Waals surface area contributed by atoms with E-state index in [9.17, 15) is 0 Å². The van der Waals surface area contributed by atoms with Crippen molar-refractivity contribution in [3.63, 3.8) is 0 Å². The monoisotopic (exact) mass is 239 g/mol. The Morgan fingerprint density at radius 2 is 2.24 bits per heavy atom. The van der Waals surface area contributed by atoms with E-state index in [1.807, 2.05) is 0 Å². The Morgan fingerprint density at radius 1 is 1.41 bits per heavy atom. The molecule has 1 atom stereocenters. The number of aliphatic imine (C=N–C) groups is 1. The van der Waals surface area contributed by atoms with Crippen LogP contribution in [0.15, 0.2) is 4.99 Å². The Bertz CT molecular complexity index is 263. The number of nitrogens with zero attached hydrogens (tertiary/aromatic N) is 2. The number of guanidine groups is 1. The van der Waals surface area contributed by atoms with E-state index in [4.69, 9.17) is 10.5 Å². The molecule has 1 unspecified atom stereocenters. The van der Waals surface area contributed by atoms with E-state index in [0.29, 0.717) is 19.1 Å². The third-order valence-corrected chi connectivity index (χ3v) is 3.54. The predicted octanol–water partition coefficient (Wildman–Crippen LogP) is 1.46. The van der Waals surface area contributed by atoms with Crippen molar-refractivity contribution >= 4 is 5.96 Å². The second-order valence-corrected chi connectivity index (χ2v) is 5.45. The average Bonchev–Trinajstić information content (AvgIpc) is 3.12. The Balaban J connectivity index is 1.61. The van der Waals surface area contributed by atoms with E-state index in [1.165, 1.54) is 25.7 Å². The van der Waals surface area contributed by atoms with Crippen molar-refractivity contribution in [2.45, 2.75) is 32.6 Å². The molecule has 0 radical (unpaired) electrons. The fourth-order valence-electron chi connectivity index (χ4n) is 2.26. The molecule has 0 spiro atoms. The minimum absolute atomic E-state index is 0.698. The van der Waals surface area contributed by atoms with E-state index in [2.05, 4.69) is 16.8 Å². The van der Waals surface area contributed by atoms with Gasteiger partial charge in [0.05, 0.1) is 13.2 Å². The lowest BCUT2D eigenvalue weighted by molar-refractivity contribution is 0.131. The van der Waals surface area contributed by atoms with Gasteiger partial charge in [0.15, 0.2) is 5.96 Å². The van der Waals surface area contributed by atoms with E-state index < -0.39 is 0 Å². The van der Waals surface area contributed by atoms with Crippen LogP contribution < -0.4 is 5.73 Å². The molecule has 4 nitrogen and oxygen atoms in total. The summed E-state index contributed by atoms with van der Waals surface area (Å²) in [6.45, 7) is 6.71. The van der Waals surface area contributed by atoms with Crippen LogP contribution in [0.4, 0.5) is 0 Å². The third kappa shape index (κ3) is 4.54. The SMILES string of the molecule is CC1CCCN(C(N)=NCCOCC2CC2)C1. The third-order valence-electron chi connectivity index (χ3n) is 3.54. The molecule has 1 aliphatic heterocycles. The van der Waals surface area contributed by atoms with E-state index in [0.717, 1.165) is 31.5 Å². The van der Waals surface area contributed by atoms with Crippen LogP contribution in [0, 0.1) is 11.8 Å². The van der Waals surface area contributed by atoms with Gasteiger partial charge in [-0.25, -0.2) is 0 Å². The zero-order chi connectivity index (χ0) is 12.1. The Kier molecular flexibility index (Phi) is 4.66. The number of likely N-dealkylation sites (tertiary alicyclic amines) is 1. The molecule has 2 N–H and O–H groups in total. The second-order valence-electron chi connectivity index (χ2n) is 5.45. The first-order chi connectivity index (χ1) is 8.25. The first-order valence-corrected chi connectivity index (χ1v) is 6.88. The molecular weight excluding hydrogens is 214 g/mol. The summed E-state index contributed by atoms with van der Waals surface area (Å²) >= 11 is 0. The average molecular weight is 239 g/mol. The topological polar surface area (TPSA) is 50.8 Å². The lowest BCUT2D eigenvalue weighted by Gasteiger charge is -2.31. The first kappa shape index (κ1) is 12.7. The largest absolute Gasteiger partial charge is 0.379 e. The van der Waals surface area contributed by atoms with Crippen LogP contribution in [-0.2, 0) is 4.74 Å². The molecule has 0 aromatic carbocycles. The summed E-state index contributed by atoms with van der Waals surface area (Å²) in [5.41, 5.74) is 5.99. The standard InChI is InChI=1S/C13H25N3O/c1-11-3-2-7-16(9-11)13(14)15-6-8-17-10-12-4-5-12/h11-12H,2-10H2,1H3,(H2,14,15). The lowest BCUT2D eigenvalue weighted by atomic mass is 10.0. The zero-order valence-electron chi connectivity index (χ0n) is 10.9. The molecule has 1 heterocycles. The summed E-state index contributed by atoms with van der Waals surface area (Å²) in [5.74, 6) is 2.27. The van der Waals surface area contributed by atoms with Crippen LogP contribution >= 0.6 is 0 Å². The summed E-state index contributed by atoms with van der Waals surface area (Å²) in [6, 6.07) is 0. The van der Waals surface area contributed by atoms with Gasteiger partial charge in [0.1, 0.15) is 0 Å². The molecule has 1 aliphatic carbocycles. The highest BCUT2D eigenvalue weighted by atomic mass is 16.5. The molecular formula is C13H25N3O. The molecule has 0 amide bonds.